The summed E-state index contributed by atoms with van der Waals surface area (Å²) in [5, 5.41) is 8.70. The maximum absolute atomic E-state index is 5.54. The zero-order chi connectivity index (χ0) is 16.5. The number of aliphatic imine (C=N–C) groups is 1. The molecule has 0 fully saturated rings. The zero-order valence-corrected chi connectivity index (χ0v) is 17.4. The fourth-order valence-electron chi connectivity index (χ4n) is 1.99. The molecule has 2 heterocycles. The molecule has 0 unspecified atom stereocenters. The van der Waals surface area contributed by atoms with Crippen LogP contribution in [0.5, 0.6) is 5.88 Å². The second-order valence-electron chi connectivity index (χ2n) is 5.35. The van der Waals surface area contributed by atoms with E-state index in [1.165, 1.54) is 4.88 Å². The standard InChI is InChI=1S/C17H24N4OS.HI/c1-13(2)22-16-7-6-14(11-20-16)12-21-17(18-3)19-9-8-15-5-4-10-23-15;/h4-7,10-11,13H,8-9,12H2,1-3H3,(H2,18,19,21);1H. The molecular weight excluding hydrogens is 435 g/mol. The summed E-state index contributed by atoms with van der Waals surface area (Å²) in [5.41, 5.74) is 1.09. The fraction of sp³-hybridized carbons (Fsp3) is 0.412. The average molecular weight is 460 g/mol. The molecule has 2 N–H and O–H groups in total. The van der Waals surface area contributed by atoms with Gasteiger partial charge in [-0.15, -0.1) is 35.3 Å². The number of hydrogen-bond donors (Lipinski definition) is 2. The molecule has 2 aromatic heterocycles. The molecule has 0 saturated heterocycles. The van der Waals surface area contributed by atoms with Crippen LogP contribution in [0.25, 0.3) is 0 Å². The Kier molecular flexibility index (Phi) is 9.70. The van der Waals surface area contributed by atoms with Crippen LogP contribution >= 0.6 is 35.3 Å². The topological polar surface area (TPSA) is 58.5 Å². The van der Waals surface area contributed by atoms with Crippen LogP contribution in [0.3, 0.4) is 0 Å². The Morgan fingerprint density at radius 2 is 2.12 bits per heavy atom. The van der Waals surface area contributed by atoms with Crippen molar-refractivity contribution in [2.24, 2.45) is 4.99 Å². The van der Waals surface area contributed by atoms with Gasteiger partial charge in [0.1, 0.15) is 0 Å². The van der Waals surface area contributed by atoms with Gasteiger partial charge < -0.3 is 15.4 Å². The van der Waals surface area contributed by atoms with E-state index in [0.717, 1.165) is 24.5 Å². The van der Waals surface area contributed by atoms with Crippen molar-refractivity contribution < 1.29 is 4.74 Å². The number of nitrogens with one attached hydrogen (secondary N) is 2. The average Bonchev–Trinajstić information content (AvgIpc) is 3.05. The van der Waals surface area contributed by atoms with Gasteiger partial charge in [-0.2, -0.15) is 0 Å². The number of pyridine rings is 1. The molecule has 0 atom stereocenters. The predicted molar refractivity (Wildman–Crippen MR) is 112 cm³/mol. The van der Waals surface area contributed by atoms with Crippen LogP contribution in [-0.2, 0) is 13.0 Å². The Morgan fingerprint density at radius 1 is 1.29 bits per heavy atom. The number of nitrogens with zero attached hydrogens (tertiary/aromatic N) is 2. The predicted octanol–water partition coefficient (Wildman–Crippen LogP) is 3.46. The van der Waals surface area contributed by atoms with Crippen LogP contribution < -0.4 is 15.4 Å². The number of ether oxygens (including phenoxy) is 1. The van der Waals surface area contributed by atoms with E-state index in [1.807, 2.05) is 32.2 Å². The highest BCUT2D eigenvalue weighted by Gasteiger charge is 2.02. The summed E-state index contributed by atoms with van der Waals surface area (Å²) in [5.74, 6) is 1.45. The van der Waals surface area contributed by atoms with Gasteiger partial charge in [-0.3, -0.25) is 4.99 Å². The second kappa shape index (κ2) is 11.2. The second-order valence-corrected chi connectivity index (χ2v) is 6.39. The largest absolute Gasteiger partial charge is 0.475 e. The first-order valence-corrected chi connectivity index (χ1v) is 8.64. The highest BCUT2D eigenvalue weighted by Crippen LogP contribution is 2.09. The summed E-state index contributed by atoms with van der Waals surface area (Å²) < 4.78 is 5.54. The number of halogens is 1. The molecule has 0 aromatic carbocycles. The Hall–Kier alpha value is -1.35. The first-order valence-electron chi connectivity index (χ1n) is 7.76. The van der Waals surface area contributed by atoms with E-state index in [1.54, 1.807) is 18.4 Å². The lowest BCUT2D eigenvalue weighted by molar-refractivity contribution is 0.232. The van der Waals surface area contributed by atoms with Gasteiger partial charge in [0.25, 0.3) is 0 Å². The summed E-state index contributed by atoms with van der Waals surface area (Å²) >= 11 is 1.78. The van der Waals surface area contributed by atoms with Crippen molar-refractivity contribution in [3.63, 3.8) is 0 Å². The van der Waals surface area contributed by atoms with Gasteiger partial charge in [-0.1, -0.05) is 12.1 Å². The molecule has 0 radical (unpaired) electrons. The normalized spacial score (nSPS) is 11.1. The third-order valence-corrected chi connectivity index (χ3v) is 4.02. The molecule has 24 heavy (non-hydrogen) atoms. The van der Waals surface area contributed by atoms with Crippen molar-refractivity contribution in [2.75, 3.05) is 13.6 Å². The van der Waals surface area contributed by atoms with Crippen LogP contribution in [0.4, 0.5) is 0 Å². The van der Waals surface area contributed by atoms with E-state index in [4.69, 9.17) is 4.74 Å². The smallest absolute Gasteiger partial charge is 0.213 e. The number of guanidine groups is 1. The Bertz CT molecular complexity index is 600. The van der Waals surface area contributed by atoms with Gasteiger partial charge in [0, 0.05) is 37.3 Å². The molecule has 2 rings (SSSR count). The summed E-state index contributed by atoms with van der Waals surface area (Å²) in [6, 6.07) is 8.13. The maximum Gasteiger partial charge on any atom is 0.213 e. The van der Waals surface area contributed by atoms with E-state index >= 15 is 0 Å². The Labute approximate surface area is 165 Å². The Morgan fingerprint density at radius 3 is 2.71 bits per heavy atom. The molecule has 0 saturated carbocycles. The van der Waals surface area contributed by atoms with Crippen molar-refractivity contribution in [1.82, 2.24) is 15.6 Å². The third-order valence-electron chi connectivity index (χ3n) is 3.08. The maximum atomic E-state index is 5.54. The molecule has 0 aliphatic rings. The SMILES string of the molecule is CN=C(NCCc1cccs1)NCc1ccc(OC(C)C)nc1.I. The zero-order valence-electron chi connectivity index (χ0n) is 14.3. The summed E-state index contributed by atoms with van der Waals surface area (Å²) in [4.78, 5) is 9.90. The molecule has 0 bridgehead atoms. The van der Waals surface area contributed by atoms with Crippen LogP contribution in [0, 0.1) is 0 Å². The van der Waals surface area contributed by atoms with Gasteiger partial charge in [-0.25, -0.2) is 4.98 Å². The molecule has 7 heteroatoms. The van der Waals surface area contributed by atoms with Crippen molar-refractivity contribution >= 4 is 41.3 Å². The lowest BCUT2D eigenvalue weighted by Crippen LogP contribution is -2.37. The summed E-state index contributed by atoms with van der Waals surface area (Å²) in [6.45, 7) is 5.51. The fourth-order valence-corrected chi connectivity index (χ4v) is 2.70. The van der Waals surface area contributed by atoms with Gasteiger partial charge in [-0.05, 0) is 37.3 Å². The van der Waals surface area contributed by atoms with Gasteiger partial charge in [0.15, 0.2) is 5.96 Å². The minimum atomic E-state index is 0. The van der Waals surface area contributed by atoms with E-state index < -0.39 is 0 Å². The highest BCUT2D eigenvalue weighted by atomic mass is 127. The number of hydrogen-bond acceptors (Lipinski definition) is 4. The lowest BCUT2D eigenvalue weighted by atomic mass is 10.3. The van der Waals surface area contributed by atoms with Crippen molar-refractivity contribution in [3.05, 3.63) is 46.3 Å². The van der Waals surface area contributed by atoms with Gasteiger partial charge in [0.2, 0.25) is 5.88 Å². The molecule has 132 valence electrons. The molecule has 5 nitrogen and oxygen atoms in total. The van der Waals surface area contributed by atoms with Crippen LogP contribution in [0.2, 0.25) is 0 Å². The molecule has 0 spiro atoms. The third kappa shape index (κ3) is 7.48. The Balaban J connectivity index is 0.00000288. The summed E-state index contributed by atoms with van der Waals surface area (Å²) in [7, 11) is 1.78. The van der Waals surface area contributed by atoms with Crippen molar-refractivity contribution in [3.8, 4) is 5.88 Å². The monoisotopic (exact) mass is 460 g/mol. The molecular formula is C17H25IN4OS. The number of thiophene rings is 1. The molecule has 2 aromatic rings. The summed E-state index contributed by atoms with van der Waals surface area (Å²) in [6.07, 6.45) is 2.96. The quantitative estimate of drug-likeness (QED) is 0.378. The number of aromatic nitrogens is 1. The minimum absolute atomic E-state index is 0. The molecule has 0 aliphatic carbocycles. The van der Waals surface area contributed by atoms with Crippen molar-refractivity contribution in [2.45, 2.75) is 32.9 Å². The van der Waals surface area contributed by atoms with Gasteiger partial charge in [0.05, 0.1) is 6.10 Å². The molecule has 0 aliphatic heterocycles. The van der Waals surface area contributed by atoms with Gasteiger partial charge >= 0.3 is 0 Å². The van der Waals surface area contributed by atoms with Crippen LogP contribution in [0.1, 0.15) is 24.3 Å². The van der Waals surface area contributed by atoms with Crippen molar-refractivity contribution in [1.29, 1.82) is 0 Å². The minimum Gasteiger partial charge on any atom is -0.475 e. The van der Waals surface area contributed by atoms with E-state index in [2.05, 4.69) is 38.1 Å². The van der Waals surface area contributed by atoms with E-state index in [0.29, 0.717) is 12.4 Å². The number of rotatable bonds is 7. The lowest BCUT2D eigenvalue weighted by Gasteiger charge is -2.12. The highest BCUT2D eigenvalue weighted by molar-refractivity contribution is 14.0. The van der Waals surface area contributed by atoms with Crippen LogP contribution in [0.15, 0.2) is 40.8 Å². The molecule has 0 amide bonds. The van der Waals surface area contributed by atoms with E-state index in [-0.39, 0.29) is 30.1 Å². The van der Waals surface area contributed by atoms with E-state index in [9.17, 15) is 0 Å². The van der Waals surface area contributed by atoms with Crippen LogP contribution in [-0.4, -0.2) is 30.6 Å². The first-order chi connectivity index (χ1) is 11.2. The first kappa shape index (κ1) is 20.7.